The van der Waals surface area contributed by atoms with Crippen molar-refractivity contribution in [1.82, 2.24) is 5.32 Å². The van der Waals surface area contributed by atoms with Crippen LogP contribution in [-0.2, 0) is 0 Å². The molecule has 0 aliphatic rings. The van der Waals surface area contributed by atoms with Gasteiger partial charge in [-0.1, -0.05) is 6.42 Å². The summed E-state index contributed by atoms with van der Waals surface area (Å²) < 4.78 is 0. The van der Waals surface area contributed by atoms with Gasteiger partial charge in [0.25, 0.3) is 0 Å². The highest BCUT2D eigenvalue weighted by molar-refractivity contribution is 5.64. The molecule has 6 N–H and O–H groups in total. The van der Waals surface area contributed by atoms with Gasteiger partial charge in [-0.25, -0.2) is 4.79 Å². The highest BCUT2D eigenvalue weighted by Gasteiger charge is 1.98. The van der Waals surface area contributed by atoms with Crippen LogP contribution in [0.4, 0.5) is 4.79 Å². The molecule has 1 unspecified atom stereocenters. The van der Waals surface area contributed by atoms with Crippen molar-refractivity contribution in [1.29, 1.82) is 0 Å². The lowest BCUT2D eigenvalue weighted by Crippen LogP contribution is -2.29. The van der Waals surface area contributed by atoms with Crippen LogP contribution in [0.5, 0.6) is 0 Å². The van der Waals surface area contributed by atoms with E-state index in [1.165, 1.54) is 0 Å². The molecule has 0 aromatic heterocycles. The molecule has 5 heteroatoms. The van der Waals surface area contributed by atoms with Crippen LogP contribution in [-0.4, -0.2) is 30.3 Å². The zero-order chi connectivity index (χ0) is 9.40. The first-order valence-corrected chi connectivity index (χ1v) is 4.09. The molecule has 0 saturated carbocycles. The molecule has 0 aliphatic heterocycles. The molecule has 0 saturated heterocycles. The van der Waals surface area contributed by atoms with Gasteiger partial charge in [-0.2, -0.15) is 0 Å². The molecule has 1 amide bonds. The third kappa shape index (κ3) is 7.30. The molecule has 0 heterocycles. The van der Waals surface area contributed by atoms with E-state index in [0.717, 1.165) is 19.3 Å². The maximum absolute atomic E-state index is 10.00. The fraction of sp³-hybridized carbons (Fsp3) is 0.857. The number of hydrogen-bond acceptors (Lipinski definition) is 3. The molecule has 12 heavy (non-hydrogen) atoms. The van der Waals surface area contributed by atoms with Crippen LogP contribution < -0.4 is 16.8 Å². The summed E-state index contributed by atoms with van der Waals surface area (Å²) in [6.07, 6.45) is 1.62. The summed E-state index contributed by atoms with van der Waals surface area (Å²) in [7, 11) is 0. The Morgan fingerprint density at radius 2 is 2.17 bits per heavy atom. The fourth-order valence-corrected chi connectivity index (χ4v) is 0.845. The summed E-state index contributed by atoms with van der Waals surface area (Å²) in [4.78, 5) is 10.00. The number of rotatable bonds is 6. The number of nitrogens with one attached hydrogen (secondary N) is 1. The molecular weight excluding hydrogens is 158 g/mol. The molecular formula is C7H17N3O2. The predicted octanol–water partition coefficient (Wildman–Crippen LogP) is -0.290. The van der Waals surface area contributed by atoms with Crippen LogP contribution in [0.2, 0.25) is 0 Å². The second-order valence-corrected chi connectivity index (χ2v) is 2.72. The van der Waals surface area contributed by atoms with Gasteiger partial charge in [0.05, 0.1) is 0 Å². The molecule has 0 radical (unpaired) electrons. The van der Waals surface area contributed by atoms with Crippen LogP contribution in [0, 0.1) is 0 Å². The van der Waals surface area contributed by atoms with Crippen molar-refractivity contribution in [2.75, 3.05) is 13.1 Å². The van der Waals surface area contributed by atoms with Gasteiger partial charge >= 0.3 is 6.09 Å². The van der Waals surface area contributed by atoms with Gasteiger partial charge in [0.1, 0.15) is 0 Å². The quantitative estimate of drug-likeness (QED) is 0.417. The summed E-state index contributed by atoms with van der Waals surface area (Å²) in [6, 6.07) is 0.0508. The molecule has 0 fully saturated rings. The average molecular weight is 175 g/mol. The van der Waals surface area contributed by atoms with E-state index in [-0.39, 0.29) is 6.04 Å². The Hall–Kier alpha value is -0.810. The normalized spacial score (nSPS) is 12.5. The lowest BCUT2D eigenvalue weighted by Gasteiger charge is -2.07. The second-order valence-electron chi connectivity index (χ2n) is 2.72. The number of amides is 1. The average Bonchev–Trinajstić information content (AvgIpc) is 2.03. The van der Waals surface area contributed by atoms with E-state index >= 15 is 0 Å². The minimum Gasteiger partial charge on any atom is -0.465 e. The van der Waals surface area contributed by atoms with E-state index in [2.05, 4.69) is 5.32 Å². The van der Waals surface area contributed by atoms with Gasteiger partial charge in [0.15, 0.2) is 0 Å². The fourth-order valence-electron chi connectivity index (χ4n) is 0.845. The van der Waals surface area contributed by atoms with Crippen molar-refractivity contribution in [3.63, 3.8) is 0 Å². The molecule has 0 aromatic carbocycles. The van der Waals surface area contributed by atoms with E-state index in [0.29, 0.717) is 13.1 Å². The summed E-state index contributed by atoms with van der Waals surface area (Å²) in [5, 5.41) is 10.5. The summed E-state index contributed by atoms with van der Waals surface area (Å²) in [5.74, 6) is 0. The molecule has 5 nitrogen and oxygen atoms in total. The van der Waals surface area contributed by atoms with Crippen molar-refractivity contribution in [2.45, 2.75) is 25.3 Å². The first-order valence-electron chi connectivity index (χ1n) is 4.09. The maximum Gasteiger partial charge on any atom is 0.404 e. The Bertz CT molecular complexity index is 130. The summed E-state index contributed by atoms with van der Waals surface area (Å²) in [6.45, 7) is 0.985. The summed E-state index contributed by atoms with van der Waals surface area (Å²) in [5.41, 5.74) is 10.9. The van der Waals surface area contributed by atoms with E-state index in [9.17, 15) is 4.79 Å². The second kappa shape index (κ2) is 6.87. The first-order chi connectivity index (χ1) is 5.66. The number of hydrogen-bond donors (Lipinski definition) is 4. The largest absolute Gasteiger partial charge is 0.465 e. The van der Waals surface area contributed by atoms with Crippen LogP contribution in [0.3, 0.4) is 0 Å². The number of unbranched alkanes of at least 4 members (excludes halogenated alkanes) is 1. The van der Waals surface area contributed by atoms with Gasteiger partial charge in [-0.05, 0) is 12.8 Å². The summed E-state index contributed by atoms with van der Waals surface area (Å²) >= 11 is 0. The lowest BCUT2D eigenvalue weighted by atomic mass is 10.1. The first kappa shape index (κ1) is 11.2. The van der Waals surface area contributed by atoms with Crippen LogP contribution in [0.15, 0.2) is 0 Å². The SMILES string of the molecule is NCC(N)CCCCNC(=O)O. The predicted molar refractivity (Wildman–Crippen MR) is 46.9 cm³/mol. The third-order valence-corrected chi connectivity index (χ3v) is 1.58. The molecule has 0 aliphatic carbocycles. The van der Waals surface area contributed by atoms with Gasteiger partial charge in [-0.15, -0.1) is 0 Å². The maximum atomic E-state index is 10.00. The van der Waals surface area contributed by atoms with Crippen molar-refractivity contribution >= 4 is 6.09 Å². The molecule has 0 rings (SSSR count). The minimum atomic E-state index is -0.974. The number of carboxylic acid groups (broad SMARTS) is 1. The van der Waals surface area contributed by atoms with Crippen LogP contribution in [0.25, 0.3) is 0 Å². The molecule has 1 atom stereocenters. The Balaban J connectivity index is 3.05. The molecule has 72 valence electrons. The Morgan fingerprint density at radius 3 is 2.67 bits per heavy atom. The third-order valence-electron chi connectivity index (χ3n) is 1.58. The standard InChI is InChI=1S/C7H17N3O2/c8-5-6(9)3-1-2-4-10-7(11)12/h6,10H,1-5,8-9H2,(H,11,12). The minimum absolute atomic E-state index is 0.0508. The van der Waals surface area contributed by atoms with Gasteiger partial charge in [0, 0.05) is 19.1 Å². The van der Waals surface area contributed by atoms with E-state index < -0.39 is 6.09 Å². The van der Waals surface area contributed by atoms with E-state index in [4.69, 9.17) is 16.6 Å². The van der Waals surface area contributed by atoms with Gasteiger partial charge in [-0.3, -0.25) is 0 Å². The highest BCUT2D eigenvalue weighted by atomic mass is 16.4. The number of carbonyl (C=O) groups is 1. The zero-order valence-corrected chi connectivity index (χ0v) is 7.12. The van der Waals surface area contributed by atoms with Gasteiger partial charge < -0.3 is 21.9 Å². The Kier molecular flexibility index (Phi) is 6.41. The van der Waals surface area contributed by atoms with Crippen molar-refractivity contribution in [2.24, 2.45) is 11.5 Å². The molecule has 0 aromatic rings. The zero-order valence-electron chi connectivity index (χ0n) is 7.12. The highest BCUT2D eigenvalue weighted by Crippen LogP contribution is 1.96. The van der Waals surface area contributed by atoms with Crippen LogP contribution in [0.1, 0.15) is 19.3 Å². The molecule has 0 bridgehead atoms. The topological polar surface area (TPSA) is 101 Å². The van der Waals surface area contributed by atoms with E-state index in [1.807, 2.05) is 0 Å². The Labute approximate surface area is 72.1 Å². The lowest BCUT2D eigenvalue weighted by molar-refractivity contribution is 0.194. The number of nitrogens with two attached hydrogens (primary N) is 2. The van der Waals surface area contributed by atoms with Crippen molar-refractivity contribution in [3.05, 3.63) is 0 Å². The van der Waals surface area contributed by atoms with Crippen molar-refractivity contribution < 1.29 is 9.90 Å². The molecule has 0 spiro atoms. The van der Waals surface area contributed by atoms with E-state index in [1.54, 1.807) is 0 Å². The Morgan fingerprint density at radius 1 is 1.50 bits per heavy atom. The monoisotopic (exact) mass is 175 g/mol. The smallest absolute Gasteiger partial charge is 0.404 e. The van der Waals surface area contributed by atoms with Crippen LogP contribution >= 0.6 is 0 Å². The van der Waals surface area contributed by atoms with Crippen molar-refractivity contribution in [3.8, 4) is 0 Å². The van der Waals surface area contributed by atoms with Gasteiger partial charge in [0.2, 0.25) is 0 Å².